The number of nitrogens with two attached hydrogens (primary N) is 1. The fraction of sp³-hybridized carbons (Fsp3) is 0.615. The predicted molar refractivity (Wildman–Crippen MR) is 64.5 cm³/mol. The molecule has 0 radical (unpaired) electrons. The van der Waals surface area contributed by atoms with Crippen LogP contribution in [0.3, 0.4) is 0 Å². The average Bonchev–Trinajstić information content (AvgIpc) is 3.00. The van der Waals surface area contributed by atoms with Gasteiger partial charge in [-0.3, -0.25) is 4.98 Å². The summed E-state index contributed by atoms with van der Waals surface area (Å²) in [5.74, 6) is 0.917. The molecule has 1 fully saturated rings. The topological polar surface area (TPSA) is 48.1 Å². The number of ether oxygens (including phenoxy) is 1. The van der Waals surface area contributed by atoms with E-state index in [0.717, 1.165) is 24.3 Å². The monoisotopic (exact) mass is 220 g/mol. The summed E-state index contributed by atoms with van der Waals surface area (Å²) in [5.41, 5.74) is 7.86. The summed E-state index contributed by atoms with van der Waals surface area (Å²) < 4.78 is 5.96. The maximum atomic E-state index is 5.96. The SMILES string of the molecule is CC(C)(C)c1ccnc(CN)c1OC1CC1. The molecule has 0 aliphatic heterocycles. The molecule has 2 N–H and O–H groups in total. The minimum Gasteiger partial charge on any atom is -0.488 e. The number of rotatable bonds is 3. The van der Waals surface area contributed by atoms with E-state index in [9.17, 15) is 0 Å². The van der Waals surface area contributed by atoms with Gasteiger partial charge >= 0.3 is 0 Å². The quantitative estimate of drug-likeness (QED) is 0.850. The van der Waals surface area contributed by atoms with Crippen LogP contribution in [0.5, 0.6) is 5.75 Å². The van der Waals surface area contributed by atoms with Crippen molar-refractivity contribution in [3.63, 3.8) is 0 Å². The Morgan fingerprint density at radius 2 is 2.12 bits per heavy atom. The van der Waals surface area contributed by atoms with Gasteiger partial charge in [0, 0.05) is 18.3 Å². The number of nitrogens with zero attached hydrogens (tertiary/aromatic N) is 1. The molecule has 0 amide bonds. The van der Waals surface area contributed by atoms with Crippen LogP contribution in [0.15, 0.2) is 12.3 Å². The van der Waals surface area contributed by atoms with E-state index < -0.39 is 0 Å². The molecule has 1 aliphatic rings. The lowest BCUT2D eigenvalue weighted by atomic mass is 9.86. The van der Waals surface area contributed by atoms with Gasteiger partial charge in [-0.2, -0.15) is 0 Å². The van der Waals surface area contributed by atoms with Crippen molar-refractivity contribution in [2.75, 3.05) is 0 Å². The minimum absolute atomic E-state index is 0.0666. The summed E-state index contributed by atoms with van der Waals surface area (Å²) >= 11 is 0. The van der Waals surface area contributed by atoms with Gasteiger partial charge in [-0.05, 0) is 24.3 Å². The molecule has 1 aromatic heterocycles. The van der Waals surface area contributed by atoms with Gasteiger partial charge in [0.25, 0.3) is 0 Å². The molecule has 1 aliphatic carbocycles. The Balaban J connectivity index is 2.41. The van der Waals surface area contributed by atoms with Crippen LogP contribution in [0.25, 0.3) is 0 Å². The van der Waals surface area contributed by atoms with E-state index in [1.807, 2.05) is 12.3 Å². The van der Waals surface area contributed by atoms with Crippen molar-refractivity contribution in [1.82, 2.24) is 4.98 Å². The lowest BCUT2D eigenvalue weighted by Gasteiger charge is -2.24. The highest BCUT2D eigenvalue weighted by Crippen LogP contribution is 2.36. The molecule has 0 aromatic carbocycles. The maximum absolute atomic E-state index is 5.96. The molecule has 1 heterocycles. The van der Waals surface area contributed by atoms with Crippen molar-refractivity contribution in [3.05, 3.63) is 23.5 Å². The van der Waals surface area contributed by atoms with Crippen molar-refractivity contribution >= 4 is 0 Å². The van der Waals surface area contributed by atoms with Gasteiger partial charge < -0.3 is 10.5 Å². The molecule has 0 bridgehead atoms. The van der Waals surface area contributed by atoms with Gasteiger partial charge in [-0.1, -0.05) is 20.8 Å². The summed E-state index contributed by atoms with van der Waals surface area (Å²) in [6.45, 7) is 6.99. The van der Waals surface area contributed by atoms with Gasteiger partial charge in [0.15, 0.2) is 0 Å². The maximum Gasteiger partial charge on any atom is 0.146 e. The molecular formula is C13H20N2O. The lowest BCUT2D eigenvalue weighted by Crippen LogP contribution is -2.17. The molecule has 0 spiro atoms. The third-order valence-corrected chi connectivity index (χ3v) is 2.79. The Bertz CT molecular complexity index is 378. The van der Waals surface area contributed by atoms with Gasteiger partial charge in [-0.25, -0.2) is 0 Å². The second kappa shape index (κ2) is 4.06. The zero-order chi connectivity index (χ0) is 11.8. The van der Waals surface area contributed by atoms with E-state index in [-0.39, 0.29) is 5.41 Å². The Morgan fingerprint density at radius 3 is 2.62 bits per heavy atom. The third-order valence-electron chi connectivity index (χ3n) is 2.79. The van der Waals surface area contributed by atoms with Crippen molar-refractivity contribution in [1.29, 1.82) is 0 Å². The van der Waals surface area contributed by atoms with E-state index >= 15 is 0 Å². The minimum atomic E-state index is 0.0666. The van der Waals surface area contributed by atoms with Gasteiger partial charge in [0.2, 0.25) is 0 Å². The molecule has 0 unspecified atom stereocenters. The molecule has 16 heavy (non-hydrogen) atoms. The largest absolute Gasteiger partial charge is 0.488 e. The molecule has 0 saturated heterocycles. The first-order valence-electron chi connectivity index (χ1n) is 5.87. The van der Waals surface area contributed by atoms with E-state index in [2.05, 4.69) is 25.8 Å². The van der Waals surface area contributed by atoms with Crippen molar-refractivity contribution in [2.24, 2.45) is 5.73 Å². The van der Waals surface area contributed by atoms with Gasteiger partial charge in [0.1, 0.15) is 5.75 Å². The predicted octanol–water partition coefficient (Wildman–Crippen LogP) is 2.38. The number of hydrogen-bond acceptors (Lipinski definition) is 3. The standard InChI is InChI=1S/C13H20N2O/c1-13(2,3)10-6-7-15-11(8-14)12(10)16-9-4-5-9/h6-7,9H,4-5,8,14H2,1-3H3. The van der Waals surface area contributed by atoms with Crippen LogP contribution in [0.1, 0.15) is 44.9 Å². The van der Waals surface area contributed by atoms with Crippen LogP contribution in [0.2, 0.25) is 0 Å². The highest BCUT2D eigenvalue weighted by molar-refractivity contribution is 5.41. The van der Waals surface area contributed by atoms with Crippen LogP contribution < -0.4 is 10.5 Å². The summed E-state index contributed by atoms with van der Waals surface area (Å²) in [5, 5.41) is 0. The second-order valence-corrected chi connectivity index (χ2v) is 5.41. The summed E-state index contributed by atoms with van der Waals surface area (Å²) in [6, 6.07) is 2.04. The number of hydrogen-bond donors (Lipinski definition) is 1. The zero-order valence-corrected chi connectivity index (χ0v) is 10.3. The van der Waals surface area contributed by atoms with Crippen LogP contribution in [-0.2, 0) is 12.0 Å². The molecule has 3 heteroatoms. The summed E-state index contributed by atoms with van der Waals surface area (Å²) in [6.07, 6.45) is 4.52. The van der Waals surface area contributed by atoms with Gasteiger partial charge in [0.05, 0.1) is 11.8 Å². The average molecular weight is 220 g/mol. The van der Waals surface area contributed by atoms with Crippen molar-refractivity contribution < 1.29 is 4.74 Å². The summed E-state index contributed by atoms with van der Waals surface area (Å²) in [4.78, 5) is 4.30. The molecule has 3 nitrogen and oxygen atoms in total. The van der Waals surface area contributed by atoms with Gasteiger partial charge in [-0.15, -0.1) is 0 Å². The molecule has 2 rings (SSSR count). The highest BCUT2D eigenvalue weighted by Gasteiger charge is 2.28. The van der Waals surface area contributed by atoms with Crippen LogP contribution in [0, 0.1) is 0 Å². The summed E-state index contributed by atoms with van der Waals surface area (Å²) in [7, 11) is 0. The lowest BCUT2D eigenvalue weighted by molar-refractivity contribution is 0.289. The fourth-order valence-corrected chi connectivity index (χ4v) is 1.71. The smallest absolute Gasteiger partial charge is 0.146 e. The first-order chi connectivity index (χ1) is 7.52. The molecule has 1 aromatic rings. The Labute approximate surface area is 97.0 Å². The van der Waals surface area contributed by atoms with E-state index in [0.29, 0.717) is 12.6 Å². The second-order valence-electron chi connectivity index (χ2n) is 5.41. The molecule has 88 valence electrons. The molecule has 0 atom stereocenters. The van der Waals surface area contributed by atoms with Crippen LogP contribution in [0.4, 0.5) is 0 Å². The Hall–Kier alpha value is -1.09. The molecule has 1 saturated carbocycles. The number of pyridine rings is 1. The normalized spacial score (nSPS) is 16.2. The van der Waals surface area contributed by atoms with Crippen LogP contribution >= 0.6 is 0 Å². The fourth-order valence-electron chi connectivity index (χ4n) is 1.71. The van der Waals surface area contributed by atoms with E-state index in [4.69, 9.17) is 10.5 Å². The molecular weight excluding hydrogens is 200 g/mol. The first-order valence-corrected chi connectivity index (χ1v) is 5.87. The van der Waals surface area contributed by atoms with E-state index in [1.54, 1.807) is 0 Å². The van der Waals surface area contributed by atoms with E-state index in [1.165, 1.54) is 5.56 Å². The highest BCUT2D eigenvalue weighted by atomic mass is 16.5. The zero-order valence-electron chi connectivity index (χ0n) is 10.3. The first kappa shape index (κ1) is 11.4. The third kappa shape index (κ3) is 2.35. The number of aromatic nitrogens is 1. The Morgan fingerprint density at radius 1 is 1.44 bits per heavy atom. The Kier molecular flexibility index (Phi) is 2.89. The van der Waals surface area contributed by atoms with Crippen molar-refractivity contribution in [3.8, 4) is 5.75 Å². The van der Waals surface area contributed by atoms with Crippen molar-refractivity contribution in [2.45, 2.75) is 51.7 Å². The van der Waals surface area contributed by atoms with Crippen LogP contribution in [-0.4, -0.2) is 11.1 Å².